The van der Waals surface area contributed by atoms with Crippen LogP contribution < -0.4 is 29.8 Å². The van der Waals surface area contributed by atoms with E-state index in [1.807, 2.05) is 0 Å². The fourth-order valence-corrected chi connectivity index (χ4v) is 2.83. The summed E-state index contributed by atoms with van der Waals surface area (Å²) in [5, 5.41) is 3.05. The van der Waals surface area contributed by atoms with Crippen LogP contribution in [0.15, 0.2) is 41.5 Å². The van der Waals surface area contributed by atoms with Gasteiger partial charge in [-0.05, 0) is 6.07 Å². The fraction of sp³-hybridized carbons (Fsp3) is 0.250. The van der Waals surface area contributed by atoms with Gasteiger partial charge in [-0.25, -0.2) is 4.98 Å². The Kier molecular flexibility index (Phi) is 5.87. The molecule has 0 unspecified atom stereocenters. The Morgan fingerprint density at radius 3 is 2.14 bits per heavy atom. The van der Waals surface area contributed by atoms with Crippen LogP contribution in [0, 0.1) is 0 Å². The third-order valence-electron chi connectivity index (χ3n) is 4.28. The minimum absolute atomic E-state index is 0.213. The van der Waals surface area contributed by atoms with Crippen LogP contribution in [-0.2, 0) is 11.3 Å². The van der Waals surface area contributed by atoms with Crippen molar-refractivity contribution in [3.05, 3.63) is 47.0 Å². The van der Waals surface area contributed by atoms with Gasteiger partial charge < -0.3 is 24.3 Å². The van der Waals surface area contributed by atoms with Crippen LogP contribution in [0.5, 0.6) is 23.0 Å². The summed E-state index contributed by atoms with van der Waals surface area (Å²) in [4.78, 5) is 29.5. The van der Waals surface area contributed by atoms with Gasteiger partial charge in [-0.15, -0.1) is 0 Å². The Hall–Kier alpha value is -3.75. The first kappa shape index (κ1) is 20.0. The number of anilines is 1. The summed E-state index contributed by atoms with van der Waals surface area (Å²) in [6, 6.07) is 8.15. The number of rotatable bonds is 7. The molecule has 0 bridgehead atoms. The van der Waals surface area contributed by atoms with E-state index in [-0.39, 0.29) is 12.1 Å². The number of carbonyl (C=O) groups is 1. The second-order valence-corrected chi connectivity index (χ2v) is 6.05. The minimum atomic E-state index is -0.399. The molecule has 0 radical (unpaired) electrons. The lowest BCUT2D eigenvalue weighted by atomic mass is 10.2. The molecule has 0 aliphatic rings. The maximum absolute atomic E-state index is 12.8. The maximum Gasteiger partial charge on any atom is 0.261 e. The normalized spacial score (nSPS) is 10.5. The molecule has 0 saturated carbocycles. The molecule has 0 aliphatic carbocycles. The molecule has 3 rings (SSSR count). The van der Waals surface area contributed by atoms with Gasteiger partial charge >= 0.3 is 0 Å². The summed E-state index contributed by atoms with van der Waals surface area (Å²) in [7, 11) is 6.02. The van der Waals surface area contributed by atoms with E-state index in [1.165, 1.54) is 39.3 Å². The third-order valence-corrected chi connectivity index (χ3v) is 4.28. The largest absolute Gasteiger partial charge is 0.497 e. The monoisotopic (exact) mass is 399 g/mol. The summed E-state index contributed by atoms with van der Waals surface area (Å²) in [5.74, 6) is 1.54. The highest BCUT2D eigenvalue weighted by molar-refractivity contribution is 5.91. The van der Waals surface area contributed by atoms with Crippen LogP contribution in [0.25, 0.3) is 10.9 Å². The van der Waals surface area contributed by atoms with E-state index < -0.39 is 5.91 Å². The number of amides is 1. The highest BCUT2D eigenvalue weighted by Gasteiger charge is 2.13. The smallest absolute Gasteiger partial charge is 0.261 e. The summed E-state index contributed by atoms with van der Waals surface area (Å²) in [6.07, 6.45) is 1.32. The van der Waals surface area contributed by atoms with Gasteiger partial charge in [0, 0.05) is 30.0 Å². The number of methoxy groups -OCH3 is 4. The zero-order valence-corrected chi connectivity index (χ0v) is 16.5. The molecule has 1 heterocycles. The van der Waals surface area contributed by atoms with Crippen LogP contribution in [0.3, 0.4) is 0 Å². The van der Waals surface area contributed by atoms with Gasteiger partial charge in [0.15, 0.2) is 11.5 Å². The molecule has 0 spiro atoms. The predicted molar refractivity (Wildman–Crippen MR) is 107 cm³/mol. The molecule has 29 heavy (non-hydrogen) atoms. The first-order chi connectivity index (χ1) is 14.0. The van der Waals surface area contributed by atoms with Crippen LogP contribution in [-0.4, -0.2) is 43.9 Å². The first-order valence-corrected chi connectivity index (χ1v) is 8.63. The number of nitrogens with zero attached hydrogens (tertiary/aromatic N) is 2. The molecule has 9 nitrogen and oxygen atoms in total. The Morgan fingerprint density at radius 2 is 1.55 bits per heavy atom. The van der Waals surface area contributed by atoms with Crippen molar-refractivity contribution in [1.82, 2.24) is 9.55 Å². The van der Waals surface area contributed by atoms with E-state index >= 15 is 0 Å². The van der Waals surface area contributed by atoms with Gasteiger partial charge in [-0.3, -0.25) is 14.2 Å². The first-order valence-electron chi connectivity index (χ1n) is 8.63. The fourth-order valence-electron chi connectivity index (χ4n) is 2.83. The Labute approximate surface area is 166 Å². The van der Waals surface area contributed by atoms with E-state index in [0.717, 1.165) is 0 Å². The van der Waals surface area contributed by atoms with E-state index in [9.17, 15) is 9.59 Å². The van der Waals surface area contributed by atoms with Crippen LogP contribution in [0.1, 0.15) is 0 Å². The molecular weight excluding hydrogens is 378 g/mol. The summed E-state index contributed by atoms with van der Waals surface area (Å²) in [6.45, 7) is -0.213. The Balaban J connectivity index is 1.87. The lowest BCUT2D eigenvalue weighted by Gasteiger charge is -2.12. The maximum atomic E-state index is 12.8. The van der Waals surface area contributed by atoms with E-state index in [2.05, 4.69) is 10.3 Å². The number of hydrogen-bond donors (Lipinski definition) is 1. The van der Waals surface area contributed by atoms with Crippen LogP contribution >= 0.6 is 0 Å². The molecule has 3 aromatic rings. The molecule has 2 aromatic carbocycles. The van der Waals surface area contributed by atoms with E-state index in [4.69, 9.17) is 18.9 Å². The van der Waals surface area contributed by atoms with Gasteiger partial charge in [0.1, 0.15) is 18.0 Å². The van der Waals surface area contributed by atoms with Crippen molar-refractivity contribution in [2.75, 3.05) is 33.8 Å². The van der Waals surface area contributed by atoms with Gasteiger partial charge in [0.25, 0.3) is 5.56 Å². The van der Waals surface area contributed by atoms with Crippen molar-refractivity contribution in [3.8, 4) is 23.0 Å². The molecule has 1 amide bonds. The van der Waals surface area contributed by atoms with Gasteiger partial charge in [0.2, 0.25) is 5.91 Å². The number of aromatic nitrogens is 2. The molecule has 1 aromatic heterocycles. The molecule has 0 fully saturated rings. The molecule has 0 atom stereocenters. The summed E-state index contributed by atoms with van der Waals surface area (Å²) >= 11 is 0. The quantitative estimate of drug-likeness (QED) is 0.649. The van der Waals surface area contributed by atoms with Crippen molar-refractivity contribution < 1.29 is 23.7 Å². The highest BCUT2D eigenvalue weighted by Crippen LogP contribution is 2.30. The van der Waals surface area contributed by atoms with Crippen LogP contribution in [0.2, 0.25) is 0 Å². The minimum Gasteiger partial charge on any atom is -0.497 e. The number of nitrogens with one attached hydrogen (secondary N) is 1. The van der Waals surface area contributed by atoms with Crippen molar-refractivity contribution in [2.45, 2.75) is 6.54 Å². The molecule has 9 heteroatoms. The Bertz CT molecular complexity index is 1090. The molecule has 0 aliphatic heterocycles. The van der Waals surface area contributed by atoms with E-state index in [0.29, 0.717) is 39.6 Å². The number of fused-ring (bicyclic) bond motifs is 1. The number of hydrogen-bond acceptors (Lipinski definition) is 7. The lowest BCUT2D eigenvalue weighted by molar-refractivity contribution is -0.116. The number of benzene rings is 2. The third kappa shape index (κ3) is 4.23. The lowest BCUT2D eigenvalue weighted by Crippen LogP contribution is -2.28. The second-order valence-electron chi connectivity index (χ2n) is 6.05. The standard InChI is InChI=1S/C20H21N3O6/c1-26-13-5-12(6-14(7-13)27-2)22-19(24)10-23-11-21-16-9-18(29-4)17(28-3)8-15(16)20(23)25/h5-9,11H,10H2,1-4H3,(H,22,24). The van der Waals surface area contributed by atoms with Crippen molar-refractivity contribution >= 4 is 22.5 Å². The molecular formula is C20H21N3O6. The average molecular weight is 399 g/mol. The average Bonchev–Trinajstić information content (AvgIpc) is 2.74. The van der Waals surface area contributed by atoms with E-state index in [1.54, 1.807) is 30.3 Å². The highest BCUT2D eigenvalue weighted by atomic mass is 16.5. The van der Waals surface area contributed by atoms with Crippen molar-refractivity contribution in [3.63, 3.8) is 0 Å². The molecule has 152 valence electrons. The van der Waals surface area contributed by atoms with Gasteiger partial charge in [0.05, 0.1) is 45.7 Å². The van der Waals surface area contributed by atoms with Crippen molar-refractivity contribution in [2.24, 2.45) is 0 Å². The number of carbonyl (C=O) groups excluding carboxylic acids is 1. The molecule has 0 saturated heterocycles. The van der Waals surface area contributed by atoms with Crippen LogP contribution in [0.4, 0.5) is 5.69 Å². The zero-order chi connectivity index (χ0) is 21.0. The SMILES string of the molecule is COc1cc(NC(=O)Cn2cnc3cc(OC)c(OC)cc3c2=O)cc(OC)c1. The molecule has 1 N–H and O–H groups in total. The summed E-state index contributed by atoms with van der Waals surface area (Å²) in [5.41, 5.74) is 0.565. The topological polar surface area (TPSA) is 101 Å². The van der Waals surface area contributed by atoms with Crippen molar-refractivity contribution in [1.29, 1.82) is 0 Å². The summed E-state index contributed by atoms with van der Waals surface area (Å²) < 4.78 is 22.1. The zero-order valence-electron chi connectivity index (χ0n) is 16.5. The number of ether oxygens (including phenoxy) is 4. The van der Waals surface area contributed by atoms with Gasteiger partial charge in [-0.1, -0.05) is 0 Å². The predicted octanol–water partition coefficient (Wildman–Crippen LogP) is 2.07. The second kappa shape index (κ2) is 8.51. The Morgan fingerprint density at radius 1 is 0.931 bits per heavy atom. The van der Waals surface area contributed by atoms with Gasteiger partial charge in [-0.2, -0.15) is 0 Å².